The third kappa shape index (κ3) is 9.69. The number of nitrogens with zero attached hydrogens (tertiary/aromatic N) is 2. The Balaban J connectivity index is 0.000000698. The largest absolute Gasteiger partial charge is 0.490 e. The van der Waals surface area contributed by atoms with Gasteiger partial charge in [-0.2, -0.15) is 13.2 Å². The minimum absolute atomic E-state index is 0.102. The molecule has 0 aliphatic carbocycles. The first-order chi connectivity index (χ1) is 23.2. The summed E-state index contributed by atoms with van der Waals surface area (Å²) in [7, 11) is 1.28. The molecule has 1 aromatic heterocycles. The predicted molar refractivity (Wildman–Crippen MR) is 174 cm³/mol. The second-order valence-electron chi connectivity index (χ2n) is 11.4. The second-order valence-corrected chi connectivity index (χ2v) is 11.9. The highest BCUT2D eigenvalue weighted by Gasteiger charge is 2.38. The summed E-state index contributed by atoms with van der Waals surface area (Å²) in [5, 5.41) is 16.4. The lowest BCUT2D eigenvalue weighted by Crippen LogP contribution is -2.36. The van der Waals surface area contributed by atoms with Crippen LogP contribution in [0.3, 0.4) is 0 Å². The number of carbonyl (C=O) groups excluding carboxylic acids is 4. The molecule has 2 aliphatic rings. The fraction of sp³-hybridized carbons (Fsp3) is 0.333. The highest BCUT2D eigenvalue weighted by atomic mass is 35.5. The number of amides is 4. The summed E-state index contributed by atoms with van der Waals surface area (Å²) >= 11 is 6.12. The van der Waals surface area contributed by atoms with Crippen LogP contribution in [-0.4, -0.2) is 59.7 Å². The molecule has 0 saturated carbocycles. The highest BCUT2D eigenvalue weighted by molar-refractivity contribution is 6.31. The second kappa shape index (κ2) is 15.8. The van der Waals surface area contributed by atoms with E-state index in [2.05, 4.69) is 20.9 Å². The number of aromatic nitrogens is 1. The van der Waals surface area contributed by atoms with Crippen LogP contribution in [0.1, 0.15) is 44.3 Å². The molecule has 5 rings (SSSR count). The first-order valence-electron chi connectivity index (χ1n) is 15.1. The molecule has 260 valence electrons. The molecule has 3 atom stereocenters. The number of fused-ring (bicyclic) bond motifs is 4. The number of hydrogen-bond donors (Lipinski definition) is 4. The zero-order chi connectivity index (χ0) is 35.9. The Morgan fingerprint density at radius 1 is 1.08 bits per heavy atom. The van der Waals surface area contributed by atoms with Crippen molar-refractivity contribution in [3.8, 4) is 11.1 Å². The minimum Gasteiger partial charge on any atom is -0.475 e. The van der Waals surface area contributed by atoms with Gasteiger partial charge in [-0.3, -0.25) is 24.7 Å². The summed E-state index contributed by atoms with van der Waals surface area (Å²) in [5.41, 5.74) is 3.87. The fourth-order valence-corrected chi connectivity index (χ4v) is 5.51. The predicted octanol–water partition coefficient (Wildman–Crippen LogP) is 6.18. The number of carboxylic acid groups (broad SMARTS) is 1. The molecule has 2 bridgehead atoms. The zero-order valence-corrected chi connectivity index (χ0v) is 27.1. The van der Waals surface area contributed by atoms with Crippen molar-refractivity contribution in [1.82, 2.24) is 10.3 Å². The van der Waals surface area contributed by atoms with Gasteiger partial charge in [0.25, 0.3) is 0 Å². The Morgan fingerprint density at radius 3 is 2.49 bits per heavy atom. The summed E-state index contributed by atoms with van der Waals surface area (Å²) in [6.45, 7) is 2.12. The maximum Gasteiger partial charge on any atom is 0.490 e. The number of carbonyl (C=O) groups is 5. The minimum atomic E-state index is -5.08. The number of aliphatic carboxylic acids is 1. The quantitative estimate of drug-likeness (QED) is 0.250. The van der Waals surface area contributed by atoms with Crippen LogP contribution < -0.4 is 20.9 Å². The molecule has 1 fully saturated rings. The summed E-state index contributed by atoms with van der Waals surface area (Å²) in [6, 6.07) is 15.6. The number of anilines is 3. The van der Waals surface area contributed by atoms with E-state index in [1.54, 1.807) is 53.6 Å². The standard InChI is InChI=1S/C31H32ClN5O5.C2HF3O2/c1-18-5-3-8-25(35-30(40)20-14-28(38)37(17-20)23-7-4-6-21(32)15-23)27-13-19(11-12-33-27)24-10-9-22(34-31(41)42-2)16-26(24)36-29(18)39;3-2(4,5)1(6)7/h4,6-7,9-13,15-16,18,20,25H,3,5,8,14,17H2,1-2H3,(H,34,41)(H,35,40)(H,36,39);(H,6,7)/t18-,20?,25+;/m1./s1. The van der Waals surface area contributed by atoms with Crippen LogP contribution >= 0.6 is 11.6 Å². The van der Waals surface area contributed by atoms with Crippen molar-refractivity contribution in [3.05, 3.63) is 71.5 Å². The average Bonchev–Trinajstić information content (AvgIpc) is 3.45. The van der Waals surface area contributed by atoms with Gasteiger partial charge in [-0.25, -0.2) is 9.59 Å². The molecule has 16 heteroatoms. The molecule has 2 aliphatic heterocycles. The van der Waals surface area contributed by atoms with Crippen molar-refractivity contribution in [3.63, 3.8) is 0 Å². The lowest BCUT2D eigenvalue weighted by molar-refractivity contribution is -0.192. The molecular weight excluding hydrogens is 671 g/mol. The topological polar surface area (TPSA) is 167 Å². The van der Waals surface area contributed by atoms with E-state index in [0.29, 0.717) is 47.0 Å². The van der Waals surface area contributed by atoms with E-state index in [1.165, 1.54) is 7.11 Å². The van der Waals surface area contributed by atoms with E-state index in [4.69, 9.17) is 26.2 Å². The number of nitrogens with one attached hydrogen (secondary N) is 3. The Kier molecular flexibility index (Phi) is 11.8. The Morgan fingerprint density at radius 2 is 1.82 bits per heavy atom. The molecule has 3 heterocycles. The highest BCUT2D eigenvalue weighted by Crippen LogP contribution is 2.34. The molecule has 49 heavy (non-hydrogen) atoms. The zero-order valence-electron chi connectivity index (χ0n) is 26.3. The van der Waals surface area contributed by atoms with Gasteiger partial charge in [-0.05, 0) is 60.9 Å². The van der Waals surface area contributed by atoms with Crippen molar-refractivity contribution < 1.29 is 47.0 Å². The summed E-state index contributed by atoms with van der Waals surface area (Å²) in [5.74, 6) is -4.07. The van der Waals surface area contributed by atoms with Gasteiger partial charge in [0.15, 0.2) is 0 Å². The van der Waals surface area contributed by atoms with Crippen LogP contribution in [0.2, 0.25) is 5.02 Å². The van der Waals surface area contributed by atoms with E-state index in [1.807, 2.05) is 19.1 Å². The smallest absolute Gasteiger partial charge is 0.475 e. The Hall–Kier alpha value is -5.18. The van der Waals surface area contributed by atoms with Crippen LogP contribution in [0.15, 0.2) is 60.8 Å². The molecule has 2 aromatic carbocycles. The number of methoxy groups -OCH3 is 1. The number of ether oxygens (including phenoxy) is 1. The third-order valence-electron chi connectivity index (χ3n) is 7.91. The van der Waals surface area contributed by atoms with E-state index in [9.17, 15) is 32.3 Å². The number of halogens is 4. The van der Waals surface area contributed by atoms with Crippen molar-refractivity contribution in [1.29, 1.82) is 0 Å². The van der Waals surface area contributed by atoms with Crippen LogP contribution in [0.25, 0.3) is 11.1 Å². The van der Waals surface area contributed by atoms with E-state index in [0.717, 1.165) is 11.1 Å². The number of pyridine rings is 1. The number of hydrogen-bond acceptors (Lipinski definition) is 7. The Bertz CT molecular complexity index is 1740. The van der Waals surface area contributed by atoms with Crippen LogP contribution in [0, 0.1) is 11.8 Å². The molecule has 3 aromatic rings. The van der Waals surface area contributed by atoms with Crippen LogP contribution in [0.4, 0.5) is 35.0 Å². The summed E-state index contributed by atoms with van der Waals surface area (Å²) < 4.78 is 36.4. The van der Waals surface area contributed by atoms with E-state index in [-0.39, 0.29) is 36.6 Å². The van der Waals surface area contributed by atoms with Gasteiger partial charge in [0.05, 0.1) is 30.5 Å². The molecule has 1 unspecified atom stereocenters. The van der Waals surface area contributed by atoms with Crippen LogP contribution in [0.5, 0.6) is 0 Å². The molecule has 0 radical (unpaired) electrons. The molecule has 4 N–H and O–H groups in total. The maximum atomic E-state index is 13.5. The number of alkyl halides is 3. The lowest BCUT2D eigenvalue weighted by Gasteiger charge is -2.23. The van der Waals surface area contributed by atoms with Gasteiger partial charge in [-0.1, -0.05) is 37.1 Å². The maximum absolute atomic E-state index is 13.5. The van der Waals surface area contributed by atoms with Gasteiger partial charge < -0.3 is 25.4 Å². The number of carboxylic acids is 1. The molecule has 4 amide bonds. The first-order valence-corrected chi connectivity index (χ1v) is 15.5. The van der Waals surface area contributed by atoms with Crippen molar-refractivity contribution in [2.45, 2.75) is 44.8 Å². The summed E-state index contributed by atoms with van der Waals surface area (Å²) in [4.78, 5) is 66.2. The van der Waals surface area contributed by atoms with Gasteiger partial charge in [0.2, 0.25) is 17.7 Å². The SMILES string of the molecule is COC(=O)Nc1ccc2c(c1)NC(=O)[C@H](C)CCC[C@H](NC(=O)C1CC(=O)N(c3cccc(Cl)c3)C1)c1cc-2ccn1.O=C(O)C(F)(F)F. The molecule has 1 saturated heterocycles. The summed E-state index contributed by atoms with van der Waals surface area (Å²) in [6.07, 6.45) is -2.09. The number of rotatable bonds is 4. The van der Waals surface area contributed by atoms with Crippen molar-refractivity contribution in [2.24, 2.45) is 11.8 Å². The first kappa shape index (κ1) is 36.7. The number of benzene rings is 2. The fourth-order valence-electron chi connectivity index (χ4n) is 5.33. The Labute approximate surface area is 284 Å². The van der Waals surface area contributed by atoms with Gasteiger partial charge in [-0.15, -0.1) is 0 Å². The monoisotopic (exact) mass is 703 g/mol. The molecular formula is C33H33ClF3N5O7. The van der Waals surface area contributed by atoms with Gasteiger partial charge in [0, 0.05) is 47.0 Å². The van der Waals surface area contributed by atoms with Crippen molar-refractivity contribution >= 4 is 58.4 Å². The lowest BCUT2D eigenvalue weighted by atomic mass is 9.95. The molecule has 0 spiro atoms. The van der Waals surface area contributed by atoms with Crippen molar-refractivity contribution in [2.75, 3.05) is 29.2 Å². The van der Waals surface area contributed by atoms with E-state index < -0.39 is 30.2 Å². The van der Waals surface area contributed by atoms with E-state index >= 15 is 0 Å². The normalized spacial score (nSPS) is 19.1. The van der Waals surface area contributed by atoms with Gasteiger partial charge >= 0.3 is 18.2 Å². The molecule has 12 nitrogen and oxygen atoms in total. The van der Waals surface area contributed by atoms with Crippen LogP contribution in [-0.2, 0) is 23.9 Å². The third-order valence-corrected chi connectivity index (χ3v) is 8.15. The van der Waals surface area contributed by atoms with Gasteiger partial charge in [0.1, 0.15) is 0 Å². The average molecular weight is 704 g/mol.